The molecular weight excluding hydrogens is 346 g/mol. The van der Waals surface area contributed by atoms with E-state index in [2.05, 4.69) is 0 Å². The molecule has 1 aromatic rings. The van der Waals surface area contributed by atoms with Gasteiger partial charge < -0.3 is 9.47 Å². The number of nitrogens with zero attached hydrogens (tertiary/aromatic N) is 1. The predicted octanol–water partition coefficient (Wildman–Crippen LogP) is 3.24. The summed E-state index contributed by atoms with van der Waals surface area (Å²) < 4.78 is 11.0. The fourth-order valence-corrected chi connectivity index (χ4v) is 3.34. The molecule has 1 aliphatic heterocycles. The number of ether oxygens (including phenoxy) is 2. The van der Waals surface area contributed by atoms with Crippen LogP contribution in [0.5, 0.6) is 5.75 Å². The van der Waals surface area contributed by atoms with Gasteiger partial charge in [-0.25, -0.2) is 0 Å². The summed E-state index contributed by atoms with van der Waals surface area (Å²) in [5, 5.41) is 0. The van der Waals surface area contributed by atoms with Gasteiger partial charge in [-0.2, -0.15) is 0 Å². The number of benzene rings is 1. The van der Waals surface area contributed by atoms with E-state index in [4.69, 9.17) is 21.7 Å². The van der Waals surface area contributed by atoms with Crippen molar-refractivity contribution in [1.82, 2.24) is 4.90 Å². The number of hydrogen-bond donors (Lipinski definition) is 0. The molecule has 0 aromatic heterocycles. The van der Waals surface area contributed by atoms with Gasteiger partial charge in [0, 0.05) is 5.56 Å². The number of esters is 1. The molecule has 5 nitrogen and oxygen atoms in total. The van der Waals surface area contributed by atoms with Crippen molar-refractivity contribution in [3.63, 3.8) is 0 Å². The Labute approximate surface area is 151 Å². The van der Waals surface area contributed by atoms with Crippen LogP contribution >= 0.6 is 24.0 Å². The Hall–Kier alpha value is -1.86. The van der Waals surface area contributed by atoms with Crippen LogP contribution in [0, 0.1) is 0 Å². The monoisotopic (exact) mass is 365 g/mol. The summed E-state index contributed by atoms with van der Waals surface area (Å²) in [5.74, 6) is -0.0706. The van der Waals surface area contributed by atoms with Crippen LogP contribution in [0.2, 0.25) is 0 Å². The normalized spacial score (nSPS) is 16.2. The number of thiocarbonyl (C=S) groups is 1. The van der Waals surface area contributed by atoms with Gasteiger partial charge in [0.15, 0.2) is 0 Å². The third kappa shape index (κ3) is 4.58. The Kier molecular flexibility index (Phi) is 6.39. The second kappa shape index (κ2) is 8.30. The van der Waals surface area contributed by atoms with E-state index in [9.17, 15) is 9.59 Å². The summed E-state index contributed by atoms with van der Waals surface area (Å²) in [5.41, 5.74) is 0.796. The lowest BCUT2D eigenvalue weighted by atomic mass is 10.2. The molecule has 0 atom stereocenters. The predicted molar refractivity (Wildman–Crippen MR) is 98.7 cm³/mol. The number of hydrogen-bond acceptors (Lipinski definition) is 6. The first kappa shape index (κ1) is 18.5. The van der Waals surface area contributed by atoms with E-state index in [-0.39, 0.29) is 18.6 Å². The number of amides is 1. The van der Waals surface area contributed by atoms with Gasteiger partial charge in [0.25, 0.3) is 5.91 Å². The first-order valence-electron chi connectivity index (χ1n) is 7.59. The summed E-state index contributed by atoms with van der Waals surface area (Å²) in [6, 6.07) is 7.45. The Bertz CT molecular complexity index is 685. The molecule has 0 radical (unpaired) electrons. The summed E-state index contributed by atoms with van der Waals surface area (Å²) in [6.45, 7) is 5.77. The van der Waals surface area contributed by atoms with Crippen LogP contribution in [-0.4, -0.2) is 40.4 Å². The average molecular weight is 365 g/mol. The minimum Gasteiger partial charge on any atom is -0.493 e. The molecule has 0 unspecified atom stereocenters. The van der Waals surface area contributed by atoms with E-state index in [0.29, 0.717) is 21.6 Å². The van der Waals surface area contributed by atoms with Crippen molar-refractivity contribution in [3.05, 3.63) is 34.7 Å². The minimum atomic E-state index is -0.475. The first-order valence-corrected chi connectivity index (χ1v) is 8.81. The van der Waals surface area contributed by atoms with Gasteiger partial charge >= 0.3 is 5.97 Å². The molecule has 1 amide bonds. The van der Waals surface area contributed by atoms with Gasteiger partial charge in [0.2, 0.25) is 0 Å². The molecule has 1 aliphatic rings. The van der Waals surface area contributed by atoms with Crippen molar-refractivity contribution < 1.29 is 19.1 Å². The van der Waals surface area contributed by atoms with Crippen LogP contribution in [0.15, 0.2) is 29.2 Å². The van der Waals surface area contributed by atoms with Gasteiger partial charge in [-0.05, 0) is 32.9 Å². The number of carbonyl (C=O) groups is 2. The summed E-state index contributed by atoms with van der Waals surface area (Å²) >= 11 is 6.38. The van der Waals surface area contributed by atoms with Crippen LogP contribution < -0.4 is 4.74 Å². The second-order valence-electron chi connectivity index (χ2n) is 5.28. The zero-order valence-electron chi connectivity index (χ0n) is 13.8. The third-order valence-corrected chi connectivity index (χ3v) is 4.41. The van der Waals surface area contributed by atoms with Crippen LogP contribution in [0.4, 0.5) is 0 Å². The zero-order valence-corrected chi connectivity index (χ0v) is 15.4. The molecule has 24 heavy (non-hydrogen) atoms. The molecule has 0 spiro atoms. The maximum absolute atomic E-state index is 12.5. The fourth-order valence-electron chi connectivity index (χ4n) is 2.09. The number of carbonyl (C=O) groups excluding carboxylic acids is 2. The minimum absolute atomic E-state index is 0.173. The van der Waals surface area contributed by atoms with Crippen molar-refractivity contribution in [2.24, 2.45) is 0 Å². The number of thioether (sulfide) groups is 1. The van der Waals surface area contributed by atoms with Crippen molar-refractivity contribution >= 4 is 46.3 Å². The molecule has 7 heteroatoms. The second-order valence-corrected chi connectivity index (χ2v) is 6.95. The number of rotatable bonds is 6. The van der Waals surface area contributed by atoms with E-state index < -0.39 is 5.97 Å². The van der Waals surface area contributed by atoms with Crippen LogP contribution in [0.25, 0.3) is 6.08 Å². The lowest BCUT2D eigenvalue weighted by Crippen LogP contribution is -2.35. The van der Waals surface area contributed by atoms with Crippen LogP contribution in [-0.2, 0) is 14.3 Å². The molecule has 0 aliphatic carbocycles. The van der Waals surface area contributed by atoms with Gasteiger partial charge in [0.1, 0.15) is 16.6 Å². The highest BCUT2D eigenvalue weighted by Crippen LogP contribution is 2.34. The van der Waals surface area contributed by atoms with E-state index >= 15 is 0 Å². The van der Waals surface area contributed by atoms with Crippen LogP contribution in [0.3, 0.4) is 0 Å². The number of para-hydroxylation sites is 1. The largest absolute Gasteiger partial charge is 0.493 e. The fraction of sp³-hybridized carbons (Fsp3) is 0.353. The smallest absolute Gasteiger partial charge is 0.326 e. The van der Waals surface area contributed by atoms with E-state index in [1.807, 2.05) is 31.2 Å². The Morgan fingerprint density at radius 2 is 2.08 bits per heavy atom. The molecule has 0 N–H and O–H groups in total. The standard InChI is InChI=1S/C17H19NO4S2/c1-4-21-13-8-6-5-7-12(13)9-14-16(20)18(17(23)24-14)10-15(19)22-11(2)3/h5-9,11H,4,10H2,1-3H3. The third-order valence-electron chi connectivity index (χ3n) is 3.03. The van der Waals surface area contributed by atoms with E-state index in [1.165, 1.54) is 16.7 Å². The molecule has 1 saturated heterocycles. The molecule has 0 saturated carbocycles. The van der Waals surface area contributed by atoms with E-state index in [0.717, 1.165) is 5.56 Å². The molecule has 1 heterocycles. The topological polar surface area (TPSA) is 55.8 Å². The van der Waals surface area contributed by atoms with Crippen molar-refractivity contribution in [2.75, 3.05) is 13.2 Å². The van der Waals surface area contributed by atoms with Gasteiger partial charge in [-0.3, -0.25) is 14.5 Å². The molecule has 1 fully saturated rings. The Morgan fingerprint density at radius 3 is 2.75 bits per heavy atom. The SMILES string of the molecule is CCOc1ccccc1C=C1SC(=S)N(CC(=O)OC(C)C)C1=O. The molecule has 1 aromatic carbocycles. The van der Waals surface area contributed by atoms with Crippen LogP contribution in [0.1, 0.15) is 26.3 Å². The van der Waals surface area contributed by atoms with Crippen molar-refractivity contribution in [3.8, 4) is 5.75 Å². The summed E-state index contributed by atoms with van der Waals surface area (Å²) in [7, 11) is 0. The lowest BCUT2D eigenvalue weighted by Gasteiger charge is -2.15. The highest BCUT2D eigenvalue weighted by molar-refractivity contribution is 8.26. The molecule has 2 rings (SSSR count). The van der Waals surface area contributed by atoms with Crippen molar-refractivity contribution in [1.29, 1.82) is 0 Å². The maximum atomic E-state index is 12.5. The van der Waals surface area contributed by atoms with Crippen molar-refractivity contribution in [2.45, 2.75) is 26.9 Å². The highest BCUT2D eigenvalue weighted by atomic mass is 32.2. The van der Waals surface area contributed by atoms with Gasteiger partial charge in [-0.1, -0.05) is 42.2 Å². The van der Waals surface area contributed by atoms with Gasteiger partial charge in [0.05, 0.1) is 17.6 Å². The Balaban J connectivity index is 2.18. The molecular formula is C17H19NO4S2. The highest BCUT2D eigenvalue weighted by Gasteiger charge is 2.34. The molecule has 0 bridgehead atoms. The lowest BCUT2D eigenvalue weighted by molar-refractivity contribution is -0.149. The quantitative estimate of drug-likeness (QED) is 0.438. The van der Waals surface area contributed by atoms with Gasteiger partial charge in [-0.15, -0.1) is 0 Å². The van der Waals surface area contributed by atoms with E-state index in [1.54, 1.807) is 19.9 Å². The molecule has 128 valence electrons. The summed E-state index contributed by atoms with van der Waals surface area (Å²) in [6.07, 6.45) is 1.50. The maximum Gasteiger partial charge on any atom is 0.326 e. The Morgan fingerprint density at radius 1 is 1.38 bits per heavy atom. The first-order chi connectivity index (χ1) is 11.4. The summed E-state index contributed by atoms with van der Waals surface area (Å²) in [4.78, 5) is 26.0. The average Bonchev–Trinajstić information content (AvgIpc) is 2.76. The zero-order chi connectivity index (χ0) is 17.7.